The van der Waals surface area contributed by atoms with Crippen molar-refractivity contribution < 1.29 is 9.53 Å². The van der Waals surface area contributed by atoms with Crippen LogP contribution in [0, 0.1) is 0 Å². The van der Waals surface area contributed by atoms with Gasteiger partial charge in [-0.15, -0.1) is 11.8 Å². The average Bonchev–Trinajstić information content (AvgIpc) is 2.41. The van der Waals surface area contributed by atoms with Crippen LogP contribution in [0.15, 0.2) is 30.3 Å². The van der Waals surface area contributed by atoms with Crippen LogP contribution in [0.5, 0.6) is 0 Å². The van der Waals surface area contributed by atoms with Gasteiger partial charge in [0.15, 0.2) is 0 Å². The van der Waals surface area contributed by atoms with E-state index in [1.807, 2.05) is 39.0 Å². The minimum Gasteiger partial charge on any atom is -0.459 e. The van der Waals surface area contributed by atoms with Gasteiger partial charge in [-0.1, -0.05) is 44.2 Å². The van der Waals surface area contributed by atoms with Crippen LogP contribution >= 0.6 is 11.8 Å². The summed E-state index contributed by atoms with van der Waals surface area (Å²) in [6, 6.07) is 10.6. The highest BCUT2D eigenvalue weighted by Crippen LogP contribution is 2.26. The molecule has 0 saturated carbocycles. The Morgan fingerprint density at radius 2 is 1.90 bits per heavy atom. The van der Waals surface area contributed by atoms with Gasteiger partial charge in [0, 0.05) is 11.3 Å². The van der Waals surface area contributed by atoms with E-state index in [2.05, 4.69) is 31.3 Å². The highest BCUT2D eigenvalue weighted by atomic mass is 32.2. The Kier molecular flexibility index (Phi) is 7.26. The number of carbonyl (C=O) groups excluding carboxylic acids is 1. The Bertz CT molecular complexity index is 428. The maximum Gasteiger partial charge on any atom is 0.316 e. The van der Waals surface area contributed by atoms with Crippen LogP contribution in [0.4, 0.5) is 0 Å². The lowest BCUT2D eigenvalue weighted by Gasteiger charge is -2.25. The quantitative estimate of drug-likeness (QED) is 0.778. The summed E-state index contributed by atoms with van der Waals surface area (Å²) in [6.07, 6.45) is 0. The summed E-state index contributed by atoms with van der Waals surface area (Å²) < 4.78 is 5.35. The molecule has 0 aliphatic heterocycles. The van der Waals surface area contributed by atoms with Crippen molar-refractivity contribution in [3.8, 4) is 0 Å². The van der Waals surface area contributed by atoms with E-state index >= 15 is 0 Å². The minimum atomic E-state index is -0.415. The molecule has 1 aromatic rings. The van der Waals surface area contributed by atoms with E-state index in [9.17, 15) is 4.79 Å². The van der Waals surface area contributed by atoms with Crippen molar-refractivity contribution in [1.29, 1.82) is 0 Å². The van der Waals surface area contributed by atoms with Gasteiger partial charge in [-0.2, -0.15) is 0 Å². The van der Waals surface area contributed by atoms with Crippen LogP contribution in [0.3, 0.4) is 0 Å². The summed E-state index contributed by atoms with van der Waals surface area (Å²) in [7, 11) is 0. The summed E-state index contributed by atoms with van der Waals surface area (Å²) in [5, 5.41) is 3.79. The average molecular weight is 309 g/mol. The van der Waals surface area contributed by atoms with Gasteiger partial charge in [0.2, 0.25) is 0 Å². The molecule has 2 unspecified atom stereocenters. The normalized spacial score (nSPS) is 14.5. The molecule has 0 bridgehead atoms. The van der Waals surface area contributed by atoms with Gasteiger partial charge in [0.05, 0.1) is 5.75 Å². The second kappa shape index (κ2) is 8.44. The van der Waals surface area contributed by atoms with Gasteiger partial charge in [-0.3, -0.25) is 4.79 Å². The summed E-state index contributed by atoms with van der Waals surface area (Å²) in [6.45, 7) is 10.8. The van der Waals surface area contributed by atoms with E-state index in [1.165, 1.54) is 5.56 Å². The molecule has 0 amide bonds. The highest BCUT2D eigenvalue weighted by Gasteiger charge is 2.22. The van der Waals surface area contributed by atoms with Crippen molar-refractivity contribution in [2.24, 2.45) is 0 Å². The minimum absolute atomic E-state index is 0.150. The summed E-state index contributed by atoms with van der Waals surface area (Å²) in [4.78, 5) is 11.8. The van der Waals surface area contributed by atoms with E-state index in [0.29, 0.717) is 11.0 Å². The zero-order chi connectivity index (χ0) is 15.9. The predicted molar refractivity (Wildman–Crippen MR) is 90.6 cm³/mol. The molecule has 0 aliphatic rings. The monoisotopic (exact) mass is 309 g/mol. The molecule has 4 heteroatoms. The molecule has 2 atom stereocenters. The van der Waals surface area contributed by atoms with Gasteiger partial charge in [-0.25, -0.2) is 0 Å². The number of carbonyl (C=O) groups is 1. The predicted octanol–water partition coefficient (Wildman–Crippen LogP) is 3.80. The molecule has 0 heterocycles. The first-order valence-electron chi connectivity index (χ1n) is 7.45. The Balaban J connectivity index is 2.58. The maximum absolute atomic E-state index is 11.8. The Morgan fingerprint density at radius 1 is 1.29 bits per heavy atom. The molecule has 0 radical (unpaired) electrons. The largest absolute Gasteiger partial charge is 0.459 e. The van der Waals surface area contributed by atoms with Crippen molar-refractivity contribution in [2.75, 3.05) is 12.3 Å². The number of benzene rings is 1. The van der Waals surface area contributed by atoms with Gasteiger partial charge in [0.25, 0.3) is 0 Å². The molecule has 0 saturated heterocycles. The molecule has 1 rings (SSSR count). The number of rotatable bonds is 7. The molecule has 1 N–H and O–H groups in total. The second-order valence-corrected chi connectivity index (χ2v) is 7.41. The first-order valence-corrected chi connectivity index (χ1v) is 8.50. The molecule has 21 heavy (non-hydrogen) atoms. The third-order valence-electron chi connectivity index (χ3n) is 2.94. The van der Waals surface area contributed by atoms with Crippen LogP contribution in [-0.4, -0.2) is 29.1 Å². The molecule has 118 valence electrons. The van der Waals surface area contributed by atoms with Gasteiger partial charge in [-0.05, 0) is 32.9 Å². The van der Waals surface area contributed by atoms with Crippen LogP contribution < -0.4 is 5.32 Å². The molecule has 0 fully saturated rings. The van der Waals surface area contributed by atoms with E-state index in [4.69, 9.17) is 4.74 Å². The van der Waals surface area contributed by atoms with Crippen LogP contribution in [0.1, 0.15) is 46.2 Å². The lowest BCUT2D eigenvalue weighted by Crippen LogP contribution is -2.30. The molecule has 0 aliphatic carbocycles. The summed E-state index contributed by atoms with van der Waals surface area (Å²) >= 11 is 1.63. The van der Waals surface area contributed by atoms with Crippen LogP contribution in [0.2, 0.25) is 0 Å². The Morgan fingerprint density at radius 3 is 2.43 bits per heavy atom. The number of hydrogen-bond donors (Lipinski definition) is 1. The van der Waals surface area contributed by atoms with Crippen molar-refractivity contribution in [3.05, 3.63) is 35.9 Å². The first kappa shape index (κ1) is 18.1. The fraction of sp³-hybridized carbons (Fsp3) is 0.588. The van der Waals surface area contributed by atoms with E-state index in [-0.39, 0.29) is 12.0 Å². The molecule has 3 nitrogen and oxygen atoms in total. The lowest BCUT2D eigenvalue weighted by atomic mass is 10.0. The van der Waals surface area contributed by atoms with Crippen LogP contribution in [0.25, 0.3) is 0 Å². The van der Waals surface area contributed by atoms with Crippen molar-refractivity contribution in [3.63, 3.8) is 0 Å². The molecule has 0 spiro atoms. The molecule has 1 aromatic carbocycles. The van der Waals surface area contributed by atoms with E-state index in [1.54, 1.807) is 11.8 Å². The zero-order valence-corrected chi connectivity index (χ0v) is 14.5. The third kappa shape index (κ3) is 7.00. The first-order chi connectivity index (χ1) is 9.83. The maximum atomic E-state index is 11.8. The van der Waals surface area contributed by atoms with Crippen molar-refractivity contribution in [2.45, 2.75) is 51.5 Å². The Labute approximate surface area is 132 Å². The smallest absolute Gasteiger partial charge is 0.316 e. The van der Waals surface area contributed by atoms with Gasteiger partial charge >= 0.3 is 5.97 Å². The third-order valence-corrected chi connectivity index (χ3v) is 4.14. The topological polar surface area (TPSA) is 38.3 Å². The summed E-state index contributed by atoms with van der Waals surface area (Å²) in [5.74, 6) is 0.232. The number of esters is 1. The van der Waals surface area contributed by atoms with Crippen molar-refractivity contribution in [1.82, 2.24) is 5.32 Å². The Hall–Kier alpha value is -1.00. The molecular weight excluding hydrogens is 282 g/mol. The summed E-state index contributed by atoms with van der Waals surface area (Å²) in [5.41, 5.74) is 0.838. The fourth-order valence-corrected chi connectivity index (χ4v) is 3.01. The molecular formula is C17H27NO2S. The fourth-order valence-electron chi connectivity index (χ4n) is 2.10. The van der Waals surface area contributed by atoms with Crippen LogP contribution in [-0.2, 0) is 9.53 Å². The standard InChI is InChI=1S/C17H27NO2S/c1-6-18-16(14-10-8-7-9-11-14)13(2)21-12-15(19)20-17(3,4)5/h7-11,13,16,18H,6,12H2,1-5H3. The van der Waals surface area contributed by atoms with E-state index < -0.39 is 5.60 Å². The SMILES string of the molecule is CCNC(c1ccccc1)C(C)SCC(=O)OC(C)(C)C. The molecule has 0 aromatic heterocycles. The second-order valence-electron chi connectivity index (χ2n) is 6.05. The number of hydrogen-bond acceptors (Lipinski definition) is 4. The lowest BCUT2D eigenvalue weighted by molar-refractivity contribution is -0.151. The number of thioether (sulfide) groups is 1. The number of ether oxygens (including phenoxy) is 1. The van der Waals surface area contributed by atoms with Gasteiger partial charge in [0.1, 0.15) is 5.60 Å². The zero-order valence-electron chi connectivity index (χ0n) is 13.7. The number of nitrogens with one attached hydrogen (secondary N) is 1. The highest BCUT2D eigenvalue weighted by molar-refractivity contribution is 8.00. The van der Waals surface area contributed by atoms with Crippen molar-refractivity contribution >= 4 is 17.7 Å². The van der Waals surface area contributed by atoms with E-state index in [0.717, 1.165) is 6.54 Å². The van der Waals surface area contributed by atoms with Gasteiger partial charge < -0.3 is 10.1 Å².